The van der Waals surface area contributed by atoms with Crippen LogP contribution in [0.1, 0.15) is 21.5 Å². The van der Waals surface area contributed by atoms with E-state index in [0.717, 1.165) is 24.0 Å². The fourth-order valence-electron chi connectivity index (χ4n) is 1.80. The molecule has 0 atom stereocenters. The van der Waals surface area contributed by atoms with Crippen molar-refractivity contribution in [2.75, 3.05) is 0 Å². The number of aromatic nitrogens is 1. The van der Waals surface area contributed by atoms with Gasteiger partial charge in [0.15, 0.2) is 0 Å². The SMILES string of the molecule is Cl.NC(=O)c1ccccc1CCc1cccnc1. The van der Waals surface area contributed by atoms with Crippen molar-refractivity contribution in [1.29, 1.82) is 0 Å². The number of rotatable bonds is 4. The lowest BCUT2D eigenvalue weighted by molar-refractivity contribution is 0.0999. The quantitative estimate of drug-likeness (QED) is 0.920. The van der Waals surface area contributed by atoms with E-state index in [4.69, 9.17) is 5.73 Å². The van der Waals surface area contributed by atoms with Crippen molar-refractivity contribution in [3.63, 3.8) is 0 Å². The third-order valence-corrected chi connectivity index (χ3v) is 2.69. The third kappa shape index (κ3) is 3.57. The number of primary amides is 1. The topological polar surface area (TPSA) is 56.0 Å². The number of carbonyl (C=O) groups is 1. The van der Waals surface area contributed by atoms with Gasteiger partial charge in [0.1, 0.15) is 0 Å². The summed E-state index contributed by atoms with van der Waals surface area (Å²) in [6.45, 7) is 0. The lowest BCUT2D eigenvalue weighted by atomic mass is 10.0. The van der Waals surface area contributed by atoms with Gasteiger partial charge >= 0.3 is 0 Å². The highest BCUT2D eigenvalue weighted by Crippen LogP contribution is 2.11. The molecule has 0 aliphatic carbocycles. The summed E-state index contributed by atoms with van der Waals surface area (Å²) in [6, 6.07) is 11.4. The molecule has 0 bridgehead atoms. The maximum Gasteiger partial charge on any atom is 0.248 e. The molecule has 0 unspecified atom stereocenters. The fraction of sp³-hybridized carbons (Fsp3) is 0.143. The van der Waals surface area contributed by atoms with Crippen molar-refractivity contribution in [3.8, 4) is 0 Å². The normalized spacial score (nSPS) is 9.56. The summed E-state index contributed by atoms with van der Waals surface area (Å²) >= 11 is 0. The predicted molar refractivity (Wildman–Crippen MR) is 73.9 cm³/mol. The molecule has 4 heteroatoms. The molecule has 1 aromatic carbocycles. The van der Waals surface area contributed by atoms with E-state index in [9.17, 15) is 4.79 Å². The van der Waals surface area contributed by atoms with Crippen molar-refractivity contribution in [3.05, 3.63) is 65.5 Å². The van der Waals surface area contributed by atoms with Gasteiger partial charge in [-0.05, 0) is 36.1 Å². The van der Waals surface area contributed by atoms with Crippen LogP contribution in [-0.4, -0.2) is 10.9 Å². The summed E-state index contributed by atoms with van der Waals surface area (Å²) in [7, 11) is 0. The number of amides is 1. The number of benzene rings is 1. The Balaban J connectivity index is 0.00000162. The Morgan fingerprint density at radius 2 is 1.89 bits per heavy atom. The summed E-state index contributed by atoms with van der Waals surface area (Å²) in [4.78, 5) is 15.3. The van der Waals surface area contributed by atoms with Crippen molar-refractivity contribution in [2.24, 2.45) is 5.73 Å². The Morgan fingerprint density at radius 3 is 2.56 bits per heavy atom. The number of halogens is 1. The highest BCUT2D eigenvalue weighted by atomic mass is 35.5. The van der Waals surface area contributed by atoms with Gasteiger partial charge in [-0.1, -0.05) is 24.3 Å². The first-order valence-electron chi connectivity index (χ1n) is 5.54. The minimum atomic E-state index is -0.369. The molecule has 0 spiro atoms. The zero-order chi connectivity index (χ0) is 12.1. The van der Waals surface area contributed by atoms with E-state index in [1.165, 1.54) is 0 Å². The number of nitrogens with zero attached hydrogens (tertiary/aromatic N) is 1. The average Bonchev–Trinajstić information content (AvgIpc) is 2.38. The summed E-state index contributed by atoms with van der Waals surface area (Å²) in [5, 5.41) is 0. The van der Waals surface area contributed by atoms with E-state index in [1.54, 1.807) is 12.3 Å². The fourth-order valence-corrected chi connectivity index (χ4v) is 1.80. The van der Waals surface area contributed by atoms with E-state index in [-0.39, 0.29) is 18.3 Å². The minimum Gasteiger partial charge on any atom is -0.366 e. The number of aryl methyl sites for hydroxylation is 2. The van der Waals surface area contributed by atoms with Crippen LogP contribution < -0.4 is 5.73 Å². The molecular formula is C14H15ClN2O. The van der Waals surface area contributed by atoms with Crippen LogP contribution in [0.4, 0.5) is 0 Å². The largest absolute Gasteiger partial charge is 0.366 e. The first kappa shape index (κ1) is 14.2. The van der Waals surface area contributed by atoms with Gasteiger partial charge in [0.25, 0.3) is 0 Å². The van der Waals surface area contributed by atoms with Crippen LogP contribution in [0.25, 0.3) is 0 Å². The first-order chi connectivity index (χ1) is 8.27. The van der Waals surface area contributed by atoms with Gasteiger partial charge in [0, 0.05) is 18.0 Å². The molecule has 94 valence electrons. The average molecular weight is 263 g/mol. The van der Waals surface area contributed by atoms with Gasteiger partial charge in [0.05, 0.1) is 0 Å². The van der Waals surface area contributed by atoms with E-state index in [2.05, 4.69) is 4.98 Å². The highest BCUT2D eigenvalue weighted by Gasteiger charge is 2.06. The van der Waals surface area contributed by atoms with E-state index < -0.39 is 0 Å². The van der Waals surface area contributed by atoms with Gasteiger partial charge in [0.2, 0.25) is 5.91 Å². The summed E-state index contributed by atoms with van der Waals surface area (Å²) in [6.07, 6.45) is 5.25. The highest BCUT2D eigenvalue weighted by molar-refractivity contribution is 5.94. The lowest BCUT2D eigenvalue weighted by Gasteiger charge is -2.06. The Labute approximate surface area is 112 Å². The third-order valence-electron chi connectivity index (χ3n) is 2.69. The molecule has 1 aromatic heterocycles. The number of pyridine rings is 1. The van der Waals surface area contributed by atoms with E-state index in [1.807, 2.05) is 36.5 Å². The van der Waals surface area contributed by atoms with Gasteiger partial charge in [-0.3, -0.25) is 9.78 Å². The second-order valence-corrected chi connectivity index (χ2v) is 3.88. The Bertz CT molecular complexity index is 514. The van der Waals surface area contributed by atoms with Gasteiger partial charge in [-0.25, -0.2) is 0 Å². The van der Waals surface area contributed by atoms with E-state index in [0.29, 0.717) is 5.56 Å². The van der Waals surface area contributed by atoms with Crippen LogP contribution in [0.2, 0.25) is 0 Å². The molecule has 2 aromatic rings. The number of hydrogen-bond acceptors (Lipinski definition) is 2. The van der Waals surface area contributed by atoms with Crippen LogP contribution in [0.3, 0.4) is 0 Å². The standard InChI is InChI=1S/C14H14N2O.ClH/c15-14(17)13-6-2-1-5-12(13)8-7-11-4-3-9-16-10-11;/h1-6,9-10H,7-8H2,(H2,15,17);1H. The molecule has 0 saturated carbocycles. The van der Waals surface area contributed by atoms with Gasteiger partial charge < -0.3 is 5.73 Å². The van der Waals surface area contributed by atoms with Crippen molar-refractivity contribution in [2.45, 2.75) is 12.8 Å². The van der Waals surface area contributed by atoms with Crippen LogP contribution >= 0.6 is 12.4 Å². The number of hydrogen-bond donors (Lipinski definition) is 1. The molecule has 0 radical (unpaired) electrons. The second-order valence-electron chi connectivity index (χ2n) is 3.88. The van der Waals surface area contributed by atoms with Crippen molar-refractivity contribution < 1.29 is 4.79 Å². The Hall–Kier alpha value is -1.87. The molecule has 1 amide bonds. The first-order valence-corrected chi connectivity index (χ1v) is 5.54. The molecule has 0 aliphatic rings. The second kappa shape index (κ2) is 6.77. The summed E-state index contributed by atoms with van der Waals surface area (Å²) in [5.74, 6) is -0.369. The number of nitrogens with two attached hydrogens (primary N) is 1. The lowest BCUT2D eigenvalue weighted by Crippen LogP contribution is -2.13. The molecule has 1 heterocycles. The van der Waals surface area contributed by atoms with Crippen LogP contribution in [0.5, 0.6) is 0 Å². The molecule has 0 fully saturated rings. The van der Waals surface area contributed by atoms with E-state index >= 15 is 0 Å². The summed E-state index contributed by atoms with van der Waals surface area (Å²) in [5.41, 5.74) is 8.09. The molecule has 0 saturated heterocycles. The Morgan fingerprint density at radius 1 is 1.11 bits per heavy atom. The molecule has 18 heavy (non-hydrogen) atoms. The molecule has 2 N–H and O–H groups in total. The zero-order valence-corrected chi connectivity index (χ0v) is 10.7. The smallest absolute Gasteiger partial charge is 0.248 e. The minimum absolute atomic E-state index is 0. The molecule has 0 aliphatic heterocycles. The van der Waals surface area contributed by atoms with Crippen LogP contribution in [-0.2, 0) is 12.8 Å². The van der Waals surface area contributed by atoms with Gasteiger partial charge in [-0.2, -0.15) is 0 Å². The van der Waals surface area contributed by atoms with Crippen LogP contribution in [0, 0.1) is 0 Å². The number of carbonyl (C=O) groups excluding carboxylic acids is 1. The monoisotopic (exact) mass is 262 g/mol. The molecule has 2 rings (SSSR count). The zero-order valence-electron chi connectivity index (χ0n) is 9.87. The maximum absolute atomic E-state index is 11.2. The van der Waals surface area contributed by atoms with Crippen molar-refractivity contribution in [1.82, 2.24) is 4.98 Å². The molecule has 3 nitrogen and oxygen atoms in total. The maximum atomic E-state index is 11.2. The Kier molecular flexibility index (Phi) is 5.33. The van der Waals surface area contributed by atoms with Crippen molar-refractivity contribution >= 4 is 18.3 Å². The van der Waals surface area contributed by atoms with Crippen LogP contribution in [0.15, 0.2) is 48.8 Å². The molecular weight excluding hydrogens is 248 g/mol. The van der Waals surface area contributed by atoms with Gasteiger partial charge in [-0.15, -0.1) is 12.4 Å². The summed E-state index contributed by atoms with van der Waals surface area (Å²) < 4.78 is 0. The predicted octanol–water partition coefficient (Wildman–Crippen LogP) is 2.39.